The average Bonchev–Trinajstić information content (AvgIpc) is 2.46. The number of carbonyl (C=O) groups is 1. The molecule has 21 heavy (non-hydrogen) atoms. The smallest absolute Gasteiger partial charge is 0.321 e. The lowest BCUT2D eigenvalue weighted by molar-refractivity contribution is -0.140. The van der Waals surface area contributed by atoms with E-state index in [1.807, 2.05) is 0 Å². The predicted octanol–water partition coefficient (Wildman–Crippen LogP) is 1.27. The highest BCUT2D eigenvalue weighted by Gasteiger charge is 2.27. The Morgan fingerprint density at radius 1 is 1.48 bits per heavy atom. The number of rotatable bonds is 6. The van der Waals surface area contributed by atoms with Crippen LogP contribution in [0.15, 0.2) is 23.1 Å². The van der Waals surface area contributed by atoms with Gasteiger partial charge in [0, 0.05) is 6.54 Å². The third-order valence-corrected chi connectivity index (χ3v) is 4.54. The van der Waals surface area contributed by atoms with Crippen LogP contribution in [-0.2, 0) is 19.6 Å². The van der Waals surface area contributed by atoms with Gasteiger partial charge >= 0.3 is 5.97 Å². The molecular formula is C13H15FN2O4S. The molecule has 0 amide bonds. The van der Waals surface area contributed by atoms with Crippen LogP contribution in [0.2, 0.25) is 0 Å². The van der Waals surface area contributed by atoms with Gasteiger partial charge in [0.05, 0.1) is 17.6 Å². The molecule has 114 valence electrons. The summed E-state index contributed by atoms with van der Waals surface area (Å²) in [5.74, 6) is -1.50. The fourth-order valence-corrected chi connectivity index (χ4v) is 3.14. The quantitative estimate of drug-likeness (QED) is 0.738. The van der Waals surface area contributed by atoms with Crippen molar-refractivity contribution in [2.75, 3.05) is 20.2 Å². The maximum absolute atomic E-state index is 13.3. The van der Waals surface area contributed by atoms with Crippen LogP contribution in [0.1, 0.15) is 18.9 Å². The van der Waals surface area contributed by atoms with Gasteiger partial charge in [-0.05, 0) is 24.6 Å². The van der Waals surface area contributed by atoms with Crippen LogP contribution >= 0.6 is 0 Å². The molecule has 0 spiro atoms. The van der Waals surface area contributed by atoms with Crippen LogP contribution in [0, 0.1) is 17.1 Å². The van der Waals surface area contributed by atoms with Crippen molar-refractivity contribution in [3.05, 3.63) is 29.6 Å². The number of halogens is 1. The summed E-state index contributed by atoms with van der Waals surface area (Å²) in [7, 11) is -2.85. The molecular weight excluding hydrogens is 299 g/mol. The number of hydrogen-bond acceptors (Lipinski definition) is 5. The standard InChI is InChI=1S/C13H15FN2O4S/c1-3-6-16(9-13(17)20-2)21(18,19)11-4-5-12(14)10(7-11)8-15/h4-5,7H,3,6,9H2,1-2H3. The van der Waals surface area contributed by atoms with E-state index in [-0.39, 0.29) is 17.0 Å². The summed E-state index contributed by atoms with van der Waals surface area (Å²) in [4.78, 5) is 11.1. The van der Waals surface area contributed by atoms with Crippen LogP contribution in [0.25, 0.3) is 0 Å². The van der Waals surface area contributed by atoms with Crippen molar-refractivity contribution in [3.63, 3.8) is 0 Å². The van der Waals surface area contributed by atoms with Crippen LogP contribution in [-0.4, -0.2) is 38.9 Å². The van der Waals surface area contributed by atoms with E-state index in [1.54, 1.807) is 13.0 Å². The molecule has 1 aromatic rings. The van der Waals surface area contributed by atoms with Gasteiger partial charge in [0.25, 0.3) is 0 Å². The fourth-order valence-electron chi connectivity index (χ4n) is 1.64. The number of esters is 1. The number of nitrogens with zero attached hydrogens (tertiary/aromatic N) is 2. The van der Waals surface area contributed by atoms with Crippen molar-refractivity contribution in [2.45, 2.75) is 18.2 Å². The Morgan fingerprint density at radius 3 is 2.67 bits per heavy atom. The molecule has 0 saturated heterocycles. The molecule has 0 bridgehead atoms. The minimum absolute atomic E-state index is 0.108. The van der Waals surface area contributed by atoms with Crippen molar-refractivity contribution < 1.29 is 22.3 Å². The van der Waals surface area contributed by atoms with E-state index in [0.29, 0.717) is 6.42 Å². The summed E-state index contributed by atoms with van der Waals surface area (Å²) < 4.78 is 43.5. The first-order valence-corrected chi connectivity index (χ1v) is 7.57. The number of nitriles is 1. The minimum Gasteiger partial charge on any atom is -0.468 e. The van der Waals surface area contributed by atoms with Crippen molar-refractivity contribution in [3.8, 4) is 6.07 Å². The highest BCUT2D eigenvalue weighted by Crippen LogP contribution is 2.19. The Kier molecular flexibility index (Phi) is 5.81. The summed E-state index contributed by atoms with van der Waals surface area (Å²) in [6.45, 7) is 1.42. The fraction of sp³-hybridized carbons (Fsp3) is 0.385. The van der Waals surface area contributed by atoms with Crippen molar-refractivity contribution in [1.29, 1.82) is 5.26 Å². The third-order valence-electron chi connectivity index (χ3n) is 2.70. The summed E-state index contributed by atoms with van der Waals surface area (Å²) in [5, 5.41) is 8.76. The van der Waals surface area contributed by atoms with E-state index in [4.69, 9.17) is 5.26 Å². The van der Waals surface area contributed by atoms with Crippen LogP contribution < -0.4 is 0 Å². The summed E-state index contributed by atoms with van der Waals surface area (Å²) in [6, 6.07) is 4.50. The van der Waals surface area contributed by atoms with Crippen LogP contribution in [0.3, 0.4) is 0 Å². The first kappa shape index (κ1) is 17.1. The molecule has 0 radical (unpaired) electrons. The van der Waals surface area contributed by atoms with Crippen LogP contribution in [0.4, 0.5) is 4.39 Å². The van der Waals surface area contributed by atoms with Gasteiger partial charge in [-0.25, -0.2) is 12.8 Å². The number of benzene rings is 1. The molecule has 0 aliphatic heterocycles. The highest BCUT2D eigenvalue weighted by atomic mass is 32.2. The molecule has 0 aliphatic carbocycles. The van der Waals surface area contributed by atoms with Gasteiger partial charge in [0.1, 0.15) is 18.4 Å². The molecule has 1 aromatic carbocycles. The Labute approximate surface area is 122 Å². The van der Waals surface area contributed by atoms with E-state index in [9.17, 15) is 17.6 Å². The summed E-state index contributed by atoms with van der Waals surface area (Å²) in [5.41, 5.74) is -0.370. The molecule has 1 rings (SSSR count). The SMILES string of the molecule is CCCN(CC(=O)OC)S(=O)(=O)c1ccc(F)c(C#N)c1. The van der Waals surface area contributed by atoms with Crippen LogP contribution in [0.5, 0.6) is 0 Å². The van der Waals surface area contributed by atoms with E-state index >= 15 is 0 Å². The Hall–Kier alpha value is -1.98. The Morgan fingerprint density at radius 2 is 2.14 bits per heavy atom. The average molecular weight is 314 g/mol. The second-order valence-corrected chi connectivity index (χ2v) is 6.11. The lowest BCUT2D eigenvalue weighted by Gasteiger charge is -2.20. The molecule has 0 unspecified atom stereocenters. The van der Waals surface area contributed by atoms with Gasteiger partial charge in [-0.2, -0.15) is 9.57 Å². The zero-order chi connectivity index (χ0) is 16.0. The van der Waals surface area contributed by atoms with Crippen molar-refractivity contribution in [2.24, 2.45) is 0 Å². The lowest BCUT2D eigenvalue weighted by atomic mass is 10.2. The largest absolute Gasteiger partial charge is 0.468 e. The number of methoxy groups -OCH3 is 1. The minimum atomic E-state index is -4.00. The monoisotopic (exact) mass is 314 g/mol. The molecule has 0 heterocycles. The van der Waals surface area contributed by atoms with Crippen molar-refractivity contribution >= 4 is 16.0 Å². The van der Waals surface area contributed by atoms with Gasteiger partial charge < -0.3 is 4.74 Å². The molecule has 6 nitrogen and oxygen atoms in total. The number of carbonyl (C=O) groups excluding carboxylic acids is 1. The molecule has 0 fully saturated rings. The zero-order valence-corrected chi connectivity index (χ0v) is 12.5. The number of hydrogen-bond donors (Lipinski definition) is 0. The van der Waals surface area contributed by atoms with Gasteiger partial charge in [-0.15, -0.1) is 0 Å². The number of ether oxygens (including phenoxy) is 1. The van der Waals surface area contributed by atoms with Gasteiger partial charge in [-0.3, -0.25) is 4.79 Å². The highest BCUT2D eigenvalue weighted by molar-refractivity contribution is 7.89. The summed E-state index contributed by atoms with van der Waals surface area (Å²) in [6.07, 6.45) is 0.489. The van der Waals surface area contributed by atoms with Gasteiger partial charge in [-0.1, -0.05) is 6.92 Å². The van der Waals surface area contributed by atoms with E-state index in [0.717, 1.165) is 29.6 Å². The molecule has 0 saturated carbocycles. The van der Waals surface area contributed by atoms with E-state index in [2.05, 4.69) is 4.74 Å². The van der Waals surface area contributed by atoms with Gasteiger partial charge in [0.2, 0.25) is 10.0 Å². The second-order valence-electron chi connectivity index (χ2n) is 4.17. The topological polar surface area (TPSA) is 87.5 Å². The molecule has 8 heteroatoms. The Bertz CT molecular complexity index is 667. The molecule has 0 aliphatic rings. The Balaban J connectivity index is 3.22. The van der Waals surface area contributed by atoms with Crippen molar-refractivity contribution in [1.82, 2.24) is 4.31 Å². The molecule has 0 aromatic heterocycles. The third kappa shape index (κ3) is 4.00. The first-order valence-electron chi connectivity index (χ1n) is 6.13. The second kappa shape index (κ2) is 7.15. The zero-order valence-electron chi connectivity index (χ0n) is 11.7. The predicted molar refractivity (Wildman–Crippen MR) is 72.2 cm³/mol. The maximum atomic E-state index is 13.3. The molecule has 0 N–H and O–H groups in total. The normalized spacial score (nSPS) is 11.2. The van der Waals surface area contributed by atoms with Gasteiger partial charge in [0.15, 0.2) is 0 Å². The maximum Gasteiger partial charge on any atom is 0.321 e. The summed E-state index contributed by atoms with van der Waals surface area (Å²) >= 11 is 0. The van der Waals surface area contributed by atoms with E-state index in [1.165, 1.54) is 0 Å². The first-order chi connectivity index (χ1) is 9.86. The number of sulfonamides is 1. The lowest BCUT2D eigenvalue weighted by Crippen LogP contribution is -2.36. The molecule has 0 atom stereocenters. The van der Waals surface area contributed by atoms with E-state index < -0.39 is 28.4 Å².